The van der Waals surface area contributed by atoms with Crippen LogP contribution in [0.25, 0.3) is 0 Å². The number of benzene rings is 1. The third-order valence-corrected chi connectivity index (χ3v) is 4.03. The van der Waals surface area contributed by atoms with Gasteiger partial charge in [-0.1, -0.05) is 12.1 Å². The molecule has 0 aliphatic carbocycles. The lowest BCUT2D eigenvalue weighted by molar-refractivity contribution is -0.328. The van der Waals surface area contributed by atoms with Crippen LogP contribution in [0.1, 0.15) is 18.5 Å². The molecule has 6 nitrogen and oxygen atoms in total. The molecule has 2 amide bonds. The molecule has 2 rings (SSSR count). The van der Waals surface area contributed by atoms with Crippen molar-refractivity contribution in [3.05, 3.63) is 35.6 Å². The quantitative estimate of drug-likeness (QED) is 0.635. The van der Waals surface area contributed by atoms with E-state index in [0.29, 0.717) is 7.05 Å². The molecule has 25 heavy (non-hydrogen) atoms. The van der Waals surface area contributed by atoms with Gasteiger partial charge in [-0.05, 0) is 24.6 Å². The molecule has 0 saturated carbocycles. The van der Waals surface area contributed by atoms with Crippen molar-refractivity contribution < 1.29 is 37.0 Å². The van der Waals surface area contributed by atoms with Crippen molar-refractivity contribution in [1.82, 2.24) is 10.2 Å². The van der Waals surface area contributed by atoms with Gasteiger partial charge in [0.15, 0.2) is 0 Å². The molecule has 0 aromatic heterocycles. The molecule has 1 aliphatic rings. The summed E-state index contributed by atoms with van der Waals surface area (Å²) in [4.78, 5) is 24.2. The fourth-order valence-electron chi connectivity index (χ4n) is 2.78. The second-order valence-corrected chi connectivity index (χ2v) is 5.49. The first-order valence-corrected chi connectivity index (χ1v) is 7.29. The van der Waals surface area contributed by atoms with E-state index in [1.54, 1.807) is 0 Å². The number of carbonyl (C=O) groups excluding carboxylic acids is 2. The molecule has 1 heterocycles. The maximum Gasteiger partial charge on any atom is 0.437 e. The number of rotatable bonds is 3. The third kappa shape index (κ3) is 3.13. The Morgan fingerprint density at radius 2 is 2.08 bits per heavy atom. The molecule has 1 aliphatic heterocycles. The Morgan fingerprint density at radius 3 is 2.60 bits per heavy atom. The standard InChI is InChI=1S/C15H16F4N2O4/c1-3-25-12(22)10-11(8-5-4-6-9(16)7-8)20-13(23)21(2)14(10,24)15(17,18)19/h4-7,10-11,24H,3H2,1-2H3,(H,20,23)/t10-,11-,14-/m0/s1. The molecule has 1 saturated heterocycles. The van der Waals surface area contributed by atoms with Gasteiger partial charge in [0.25, 0.3) is 5.72 Å². The van der Waals surface area contributed by atoms with Gasteiger partial charge in [0.05, 0.1) is 12.6 Å². The predicted molar refractivity (Wildman–Crippen MR) is 76.6 cm³/mol. The largest absolute Gasteiger partial charge is 0.466 e. The highest BCUT2D eigenvalue weighted by molar-refractivity contribution is 5.83. The molecule has 0 unspecified atom stereocenters. The summed E-state index contributed by atoms with van der Waals surface area (Å²) in [5.74, 6) is -4.40. The summed E-state index contributed by atoms with van der Waals surface area (Å²) in [6.45, 7) is 1.14. The number of amides is 2. The van der Waals surface area contributed by atoms with Gasteiger partial charge in [0.2, 0.25) is 0 Å². The Bertz CT molecular complexity index is 682. The number of alkyl halides is 3. The molecule has 2 N–H and O–H groups in total. The number of ether oxygens (including phenoxy) is 1. The smallest absolute Gasteiger partial charge is 0.437 e. The van der Waals surface area contributed by atoms with E-state index in [1.807, 2.05) is 0 Å². The molecule has 138 valence electrons. The van der Waals surface area contributed by atoms with E-state index in [-0.39, 0.29) is 17.1 Å². The van der Waals surface area contributed by atoms with Crippen molar-refractivity contribution in [2.24, 2.45) is 5.92 Å². The molecule has 0 bridgehead atoms. The summed E-state index contributed by atoms with van der Waals surface area (Å²) in [6, 6.07) is 1.47. The second kappa shape index (κ2) is 6.51. The average molecular weight is 364 g/mol. The van der Waals surface area contributed by atoms with Crippen LogP contribution in [0.5, 0.6) is 0 Å². The number of esters is 1. The van der Waals surface area contributed by atoms with Crippen molar-refractivity contribution >= 4 is 12.0 Å². The van der Waals surface area contributed by atoms with E-state index in [2.05, 4.69) is 10.1 Å². The number of carbonyl (C=O) groups is 2. The zero-order chi connectivity index (χ0) is 19.0. The lowest BCUT2D eigenvalue weighted by atomic mass is 9.81. The van der Waals surface area contributed by atoms with Crippen molar-refractivity contribution in [2.75, 3.05) is 13.7 Å². The van der Waals surface area contributed by atoms with Crippen LogP contribution in [0.3, 0.4) is 0 Å². The van der Waals surface area contributed by atoms with E-state index < -0.39 is 41.7 Å². The van der Waals surface area contributed by atoms with Gasteiger partial charge >= 0.3 is 18.2 Å². The Labute approximate surface area is 140 Å². The van der Waals surface area contributed by atoms with Crippen LogP contribution < -0.4 is 5.32 Å². The van der Waals surface area contributed by atoms with Crippen molar-refractivity contribution in [3.8, 4) is 0 Å². The van der Waals surface area contributed by atoms with Gasteiger partial charge < -0.3 is 15.2 Å². The fourth-order valence-corrected chi connectivity index (χ4v) is 2.78. The Morgan fingerprint density at radius 1 is 1.44 bits per heavy atom. The first-order chi connectivity index (χ1) is 11.5. The average Bonchev–Trinajstić information content (AvgIpc) is 2.51. The molecule has 10 heteroatoms. The number of halogens is 4. The van der Waals surface area contributed by atoms with Gasteiger partial charge in [0.1, 0.15) is 11.7 Å². The van der Waals surface area contributed by atoms with E-state index >= 15 is 0 Å². The van der Waals surface area contributed by atoms with E-state index in [1.165, 1.54) is 19.1 Å². The van der Waals surface area contributed by atoms with Crippen molar-refractivity contribution in [1.29, 1.82) is 0 Å². The first-order valence-electron chi connectivity index (χ1n) is 7.29. The van der Waals surface area contributed by atoms with E-state index in [4.69, 9.17) is 0 Å². The Balaban J connectivity index is 2.64. The summed E-state index contributed by atoms with van der Waals surface area (Å²) in [7, 11) is 0.705. The van der Waals surface area contributed by atoms with Crippen LogP contribution in [0.4, 0.5) is 22.4 Å². The second-order valence-electron chi connectivity index (χ2n) is 5.49. The maximum absolute atomic E-state index is 13.6. The molecule has 1 fully saturated rings. The normalized spacial score (nSPS) is 27.0. The first kappa shape index (κ1) is 19.0. The molecule has 3 atom stereocenters. The summed E-state index contributed by atoms with van der Waals surface area (Å²) in [6.07, 6.45) is -5.36. The highest BCUT2D eigenvalue weighted by Crippen LogP contribution is 2.46. The predicted octanol–water partition coefficient (Wildman–Crippen LogP) is 1.95. The Kier molecular flexibility index (Phi) is 4.94. The zero-order valence-electron chi connectivity index (χ0n) is 13.3. The molecule has 0 radical (unpaired) electrons. The van der Waals surface area contributed by atoms with Crippen LogP contribution >= 0.6 is 0 Å². The van der Waals surface area contributed by atoms with Gasteiger partial charge in [-0.15, -0.1) is 0 Å². The van der Waals surface area contributed by atoms with E-state index in [0.717, 1.165) is 12.1 Å². The number of nitrogens with one attached hydrogen (secondary N) is 1. The van der Waals surface area contributed by atoms with Gasteiger partial charge in [-0.25, -0.2) is 9.18 Å². The van der Waals surface area contributed by atoms with Crippen molar-refractivity contribution in [3.63, 3.8) is 0 Å². The number of hydrogen-bond acceptors (Lipinski definition) is 4. The van der Waals surface area contributed by atoms with Gasteiger partial charge in [0, 0.05) is 7.05 Å². The maximum atomic E-state index is 13.6. The summed E-state index contributed by atoms with van der Waals surface area (Å²) >= 11 is 0. The van der Waals surface area contributed by atoms with E-state index in [9.17, 15) is 32.3 Å². The summed E-state index contributed by atoms with van der Waals surface area (Å²) < 4.78 is 59.0. The summed E-state index contributed by atoms with van der Waals surface area (Å²) in [5.41, 5.74) is -3.93. The molecule has 0 spiro atoms. The zero-order valence-corrected chi connectivity index (χ0v) is 13.3. The van der Waals surface area contributed by atoms with Crippen LogP contribution in [-0.4, -0.2) is 47.6 Å². The topological polar surface area (TPSA) is 78.9 Å². The lowest BCUT2D eigenvalue weighted by Crippen LogP contribution is -2.73. The van der Waals surface area contributed by atoms with Crippen LogP contribution in [0.15, 0.2) is 24.3 Å². The summed E-state index contributed by atoms with van der Waals surface area (Å²) in [5, 5.41) is 12.5. The highest BCUT2D eigenvalue weighted by atomic mass is 19.4. The molecule has 1 aromatic rings. The fraction of sp³-hybridized carbons (Fsp3) is 0.467. The van der Waals surface area contributed by atoms with Gasteiger partial charge in [-0.2, -0.15) is 13.2 Å². The molecular weight excluding hydrogens is 348 g/mol. The lowest BCUT2D eigenvalue weighted by Gasteiger charge is -2.49. The van der Waals surface area contributed by atoms with Crippen LogP contribution in [-0.2, 0) is 9.53 Å². The number of nitrogens with zero attached hydrogens (tertiary/aromatic N) is 1. The minimum Gasteiger partial charge on any atom is -0.466 e. The van der Waals surface area contributed by atoms with Crippen LogP contribution in [0, 0.1) is 11.7 Å². The monoisotopic (exact) mass is 364 g/mol. The minimum atomic E-state index is -5.36. The van der Waals surface area contributed by atoms with Crippen LogP contribution in [0.2, 0.25) is 0 Å². The SMILES string of the molecule is CCOC(=O)[C@@H]1[C@H](c2cccc(F)c2)NC(=O)N(C)[C@@]1(O)C(F)(F)F. The highest BCUT2D eigenvalue weighted by Gasteiger charge is 2.69. The minimum absolute atomic E-state index is 0.00954. The molecular formula is C15H16F4N2O4. The number of hydrogen-bond donors (Lipinski definition) is 2. The molecule has 1 aromatic carbocycles. The number of urea groups is 1. The third-order valence-electron chi connectivity index (χ3n) is 4.03. The number of aliphatic hydroxyl groups is 1. The Hall–Kier alpha value is -2.36. The van der Waals surface area contributed by atoms with Crippen molar-refractivity contribution in [2.45, 2.75) is 24.9 Å². The van der Waals surface area contributed by atoms with Gasteiger partial charge in [-0.3, -0.25) is 9.69 Å².